The Balaban J connectivity index is 1.87. The molecule has 3 rings (SSSR count). The van der Waals surface area contributed by atoms with Crippen molar-refractivity contribution >= 4 is 15.7 Å². The summed E-state index contributed by atoms with van der Waals surface area (Å²) in [6.07, 6.45) is 3.96. The van der Waals surface area contributed by atoms with Gasteiger partial charge in [-0.2, -0.15) is 0 Å². The van der Waals surface area contributed by atoms with Gasteiger partial charge in [-0.1, -0.05) is 6.42 Å². The molecule has 1 aliphatic heterocycles. The van der Waals surface area contributed by atoms with Gasteiger partial charge < -0.3 is 5.32 Å². The quantitative estimate of drug-likeness (QED) is 0.857. The lowest BCUT2D eigenvalue weighted by Crippen LogP contribution is -2.39. The summed E-state index contributed by atoms with van der Waals surface area (Å²) in [5, 5.41) is 3.23. The molecule has 0 spiro atoms. The predicted octanol–water partition coefficient (Wildman–Crippen LogP) is 1.49. The Labute approximate surface area is 101 Å². The highest BCUT2D eigenvalue weighted by molar-refractivity contribution is 7.89. The van der Waals surface area contributed by atoms with E-state index in [1.807, 2.05) is 6.07 Å². The molecule has 1 aromatic carbocycles. The molecule has 1 fully saturated rings. The summed E-state index contributed by atoms with van der Waals surface area (Å²) in [6, 6.07) is 5.47. The normalized spacial score (nSPS) is 19.5. The monoisotopic (exact) mass is 252 g/mol. The van der Waals surface area contributed by atoms with Gasteiger partial charge in [-0.05, 0) is 43.0 Å². The average Bonchev–Trinajstić information content (AvgIpc) is 2.70. The highest BCUT2D eigenvalue weighted by atomic mass is 32.2. The molecule has 0 radical (unpaired) electrons. The largest absolute Gasteiger partial charge is 0.384 e. The van der Waals surface area contributed by atoms with E-state index in [1.165, 1.54) is 0 Å². The van der Waals surface area contributed by atoms with Crippen LogP contribution in [0.25, 0.3) is 0 Å². The van der Waals surface area contributed by atoms with Crippen LogP contribution in [0.1, 0.15) is 24.8 Å². The summed E-state index contributed by atoms with van der Waals surface area (Å²) < 4.78 is 27.0. The molecular weight excluding hydrogens is 236 g/mol. The van der Waals surface area contributed by atoms with Crippen molar-refractivity contribution in [2.24, 2.45) is 0 Å². The van der Waals surface area contributed by atoms with Crippen LogP contribution in [0.15, 0.2) is 23.1 Å². The van der Waals surface area contributed by atoms with E-state index in [0.29, 0.717) is 4.90 Å². The number of hydrogen-bond donors (Lipinski definition) is 2. The summed E-state index contributed by atoms with van der Waals surface area (Å²) >= 11 is 0. The Kier molecular flexibility index (Phi) is 2.60. The van der Waals surface area contributed by atoms with Crippen molar-refractivity contribution in [2.45, 2.75) is 36.6 Å². The third kappa shape index (κ3) is 2.05. The summed E-state index contributed by atoms with van der Waals surface area (Å²) in [4.78, 5) is 0.395. The van der Waals surface area contributed by atoms with Crippen LogP contribution >= 0.6 is 0 Å². The van der Waals surface area contributed by atoms with E-state index >= 15 is 0 Å². The fraction of sp³-hybridized carbons (Fsp3) is 0.500. The summed E-state index contributed by atoms with van der Waals surface area (Å²) in [6.45, 7) is 0.898. The molecule has 17 heavy (non-hydrogen) atoms. The van der Waals surface area contributed by atoms with Crippen LogP contribution in [0.2, 0.25) is 0 Å². The molecule has 0 aromatic heterocycles. The summed E-state index contributed by atoms with van der Waals surface area (Å²) in [7, 11) is -3.32. The third-order valence-corrected chi connectivity index (χ3v) is 5.04. The van der Waals surface area contributed by atoms with E-state index in [4.69, 9.17) is 0 Å². The first kappa shape index (κ1) is 11.0. The van der Waals surface area contributed by atoms with E-state index in [0.717, 1.165) is 43.5 Å². The zero-order valence-corrected chi connectivity index (χ0v) is 10.4. The fourth-order valence-corrected chi connectivity index (χ4v) is 3.62. The van der Waals surface area contributed by atoms with Crippen LogP contribution in [0.5, 0.6) is 0 Å². The second-order valence-electron chi connectivity index (χ2n) is 4.74. The van der Waals surface area contributed by atoms with Gasteiger partial charge in [-0.25, -0.2) is 13.1 Å². The first-order chi connectivity index (χ1) is 8.15. The zero-order valence-electron chi connectivity index (χ0n) is 9.57. The van der Waals surface area contributed by atoms with Crippen molar-refractivity contribution in [1.82, 2.24) is 4.72 Å². The van der Waals surface area contributed by atoms with E-state index in [9.17, 15) is 8.42 Å². The molecule has 92 valence electrons. The van der Waals surface area contributed by atoms with Crippen molar-refractivity contribution in [2.75, 3.05) is 11.9 Å². The van der Waals surface area contributed by atoms with Gasteiger partial charge in [0.25, 0.3) is 0 Å². The van der Waals surface area contributed by atoms with E-state index in [1.54, 1.807) is 12.1 Å². The molecule has 0 unspecified atom stereocenters. The molecular formula is C12H16N2O2S. The number of fused-ring (bicyclic) bond motifs is 1. The Morgan fingerprint density at radius 3 is 2.82 bits per heavy atom. The Morgan fingerprint density at radius 1 is 1.29 bits per heavy atom. The Bertz CT molecular complexity index is 535. The van der Waals surface area contributed by atoms with E-state index in [-0.39, 0.29) is 6.04 Å². The predicted molar refractivity (Wildman–Crippen MR) is 66.6 cm³/mol. The minimum atomic E-state index is -3.32. The molecule has 5 heteroatoms. The van der Waals surface area contributed by atoms with E-state index in [2.05, 4.69) is 10.0 Å². The molecule has 4 nitrogen and oxygen atoms in total. The maximum atomic E-state index is 12.1. The highest BCUT2D eigenvalue weighted by Gasteiger charge is 2.25. The molecule has 2 aliphatic rings. The molecule has 0 amide bonds. The molecule has 0 saturated heterocycles. The lowest BCUT2D eigenvalue weighted by molar-refractivity contribution is 0.383. The Morgan fingerprint density at radius 2 is 2.12 bits per heavy atom. The van der Waals surface area contributed by atoms with Gasteiger partial charge in [0.1, 0.15) is 0 Å². The molecule has 0 atom stereocenters. The second-order valence-corrected chi connectivity index (χ2v) is 6.46. The zero-order chi connectivity index (χ0) is 11.9. The van der Waals surface area contributed by atoms with Crippen LogP contribution in [0.3, 0.4) is 0 Å². The topological polar surface area (TPSA) is 58.2 Å². The van der Waals surface area contributed by atoms with Gasteiger partial charge in [0, 0.05) is 18.3 Å². The molecule has 1 aliphatic carbocycles. The van der Waals surface area contributed by atoms with Crippen LogP contribution in [0.4, 0.5) is 5.69 Å². The van der Waals surface area contributed by atoms with E-state index < -0.39 is 10.0 Å². The smallest absolute Gasteiger partial charge is 0.240 e. The lowest BCUT2D eigenvalue weighted by Gasteiger charge is -2.26. The van der Waals surface area contributed by atoms with Crippen molar-refractivity contribution in [3.63, 3.8) is 0 Å². The van der Waals surface area contributed by atoms with Crippen LogP contribution in [0, 0.1) is 0 Å². The van der Waals surface area contributed by atoms with Crippen LogP contribution in [-0.2, 0) is 16.4 Å². The van der Waals surface area contributed by atoms with Crippen LogP contribution < -0.4 is 10.0 Å². The van der Waals surface area contributed by atoms with Gasteiger partial charge >= 0.3 is 0 Å². The van der Waals surface area contributed by atoms with Crippen molar-refractivity contribution in [3.05, 3.63) is 23.8 Å². The third-order valence-electron chi connectivity index (χ3n) is 3.52. The molecule has 1 aromatic rings. The second kappa shape index (κ2) is 3.99. The van der Waals surface area contributed by atoms with Crippen molar-refractivity contribution < 1.29 is 8.42 Å². The lowest BCUT2D eigenvalue weighted by atomic mass is 9.94. The first-order valence-electron chi connectivity index (χ1n) is 6.04. The molecule has 1 saturated carbocycles. The van der Waals surface area contributed by atoms with Crippen molar-refractivity contribution in [1.29, 1.82) is 0 Å². The van der Waals surface area contributed by atoms with Crippen LogP contribution in [-0.4, -0.2) is 21.0 Å². The number of rotatable bonds is 3. The number of nitrogens with one attached hydrogen (secondary N) is 2. The number of hydrogen-bond acceptors (Lipinski definition) is 3. The molecule has 0 bridgehead atoms. The number of anilines is 1. The highest BCUT2D eigenvalue weighted by Crippen LogP contribution is 2.26. The average molecular weight is 252 g/mol. The van der Waals surface area contributed by atoms with Gasteiger partial charge in [0.05, 0.1) is 4.90 Å². The van der Waals surface area contributed by atoms with Gasteiger partial charge in [-0.15, -0.1) is 0 Å². The summed E-state index contributed by atoms with van der Waals surface area (Å²) in [5.41, 5.74) is 2.16. The minimum Gasteiger partial charge on any atom is -0.384 e. The first-order valence-corrected chi connectivity index (χ1v) is 7.53. The maximum absolute atomic E-state index is 12.1. The SMILES string of the molecule is O=S(=O)(NC1CCC1)c1ccc2c(c1)CCN2. The summed E-state index contributed by atoms with van der Waals surface area (Å²) in [5.74, 6) is 0. The number of benzene rings is 1. The van der Waals surface area contributed by atoms with Gasteiger partial charge in [0.15, 0.2) is 0 Å². The minimum absolute atomic E-state index is 0.145. The molecule has 2 N–H and O–H groups in total. The molecule has 1 heterocycles. The van der Waals surface area contributed by atoms with Gasteiger partial charge in [0.2, 0.25) is 10.0 Å². The van der Waals surface area contributed by atoms with Crippen molar-refractivity contribution in [3.8, 4) is 0 Å². The van der Waals surface area contributed by atoms with Gasteiger partial charge in [-0.3, -0.25) is 0 Å². The maximum Gasteiger partial charge on any atom is 0.240 e. The standard InChI is InChI=1S/C12H16N2O2S/c15-17(16,14-10-2-1-3-10)11-4-5-12-9(8-11)6-7-13-12/h4-5,8,10,13-14H,1-3,6-7H2. The Hall–Kier alpha value is -1.07. The fourth-order valence-electron chi connectivity index (χ4n) is 2.26. The number of sulfonamides is 1.